The molecule has 0 radical (unpaired) electrons. The number of likely N-dealkylation sites (tertiary alicyclic amines) is 1. The first kappa shape index (κ1) is 24.8. The highest BCUT2D eigenvalue weighted by molar-refractivity contribution is 7.12. The Hall–Kier alpha value is -2.86. The van der Waals surface area contributed by atoms with E-state index in [1.54, 1.807) is 12.4 Å². The smallest absolute Gasteiger partial charge is 0.490 e. The molecule has 2 aromatic heterocycles. The van der Waals surface area contributed by atoms with Crippen LogP contribution in [0.25, 0.3) is 0 Å². The molecule has 1 unspecified atom stereocenters. The Balaban J connectivity index is 0.000000383. The normalized spacial score (nSPS) is 19.2. The lowest BCUT2D eigenvalue weighted by atomic mass is 9.84. The van der Waals surface area contributed by atoms with Gasteiger partial charge in [0.2, 0.25) is 0 Å². The lowest BCUT2D eigenvalue weighted by molar-refractivity contribution is -0.192. The summed E-state index contributed by atoms with van der Waals surface area (Å²) in [6, 6.07) is 5.63. The van der Waals surface area contributed by atoms with E-state index in [4.69, 9.17) is 24.1 Å². The number of ether oxygens (including phenoxy) is 3. The molecule has 8 nitrogen and oxygen atoms in total. The summed E-state index contributed by atoms with van der Waals surface area (Å²) >= 11 is 1.42. The van der Waals surface area contributed by atoms with Crippen molar-refractivity contribution < 1.29 is 42.1 Å². The fourth-order valence-corrected chi connectivity index (χ4v) is 4.37. The molecule has 1 spiro atoms. The molecule has 2 aliphatic rings. The maximum atomic E-state index is 12.7. The number of pyridine rings is 1. The number of amides is 1. The Morgan fingerprint density at radius 3 is 2.70 bits per heavy atom. The molecule has 12 heteroatoms. The fraction of sp³-hybridized carbons (Fsp3) is 0.476. The van der Waals surface area contributed by atoms with Crippen LogP contribution in [0.5, 0.6) is 11.5 Å². The van der Waals surface area contributed by atoms with Crippen LogP contribution in [0.15, 0.2) is 36.0 Å². The summed E-state index contributed by atoms with van der Waals surface area (Å²) in [6.07, 6.45) is 0.101. The molecule has 33 heavy (non-hydrogen) atoms. The van der Waals surface area contributed by atoms with Gasteiger partial charge in [-0.05, 0) is 30.5 Å². The van der Waals surface area contributed by atoms with Crippen LogP contribution in [0, 0.1) is 0 Å². The molecule has 2 fully saturated rings. The van der Waals surface area contributed by atoms with Crippen molar-refractivity contribution >= 4 is 23.2 Å². The zero-order valence-corrected chi connectivity index (χ0v) is 18.5. The van der Waals surface area contributed by atoms with E-state index in [0.29, 0.717) is 36.9 Å². The molecule has 4 rings (SSSR count). The van der Waals surface area contributed by atoms with Gasteiger partial charge in [0.1, 0.15) is 28.1 Å². The SMILES string of the molecule is CCOc1ccsc1C(=O)N1CC2(CC(Oc3cccnc3)CCO2)C1.O=C(O)C(F)(F)F. The number of alkyl halides is 3. The number of hydrogen-bond donors (Lipinski definition) is 1. The monoisotopic (exact) mass is 488 g/mol. The number of hydrogen-bond acceptors (Lipinski definition) is 7. The molecular weight excluding hydrogens is 465 g/mol. The van der Waals surface area contributed by atoms with Gasteiger partial charge in [0, 0.05) is 19.0 Å². The molecule has 0 bridgehead atoms. The first-order chi connectivity index (χ1) is 15.6. The Morgan fingerprint density at radius 2 is 2.09 bits per heavy atom. The Kier molecular flexibility index (Phi) is 7.80. The van der Waals surface area contributed by atoms with E-state index in [0.717, 1.165) is 18.6 Å². The number of thiophene rings is 1. The van der Waals surface area contributed by atoms with E-state index in [2.05, 4.69) is 4.98 Å². The third-order valence-electron chi connectivity index (χ3n) is 5.00. The number of aliphatic carboxylic acids is 1. The van der Waals surface area contributed by atoms with Gasteiger partial charge in [-0.3, -0.25) is 9.78 Å². The third-order valence-corrected chi connectivity index (χ3v) is 5.88. The van der Waals surface area contributed by atoms with Crippen molar-refractivity contribution in [3.05, 3.63) is 40.8 Å². The molecule has 4 heterocycles. The maximum absolute atomic E-state index is 12.7. The third kappa shape index (κ3) is 6.35. The van der Waals surface area contributed by atoms with Crippen molar-refractivity contribution in [2.75, 3.05) is 26.3 Å². The van der Waals surface area contributed by atoms with E-state index in [-0.39, 0.29) is 17.6 Å². The van der Waals surface area contributed by atoms with Crippen molar-refractivity contribution in [3.63, 3.8) is 0 Å². The molecule has 0 aromatic carbocycles. The van der Waals surface area contributed by atoms with Crippen molar-refractivity contribution in [3.8, 4) is 11.5 Å². The van der Waals surface area contributed by atoms with Gasteiger partial charge in [0.05, 0.1) is 32.5 Å². The predicted molar refractivity (Wildman–Crippen MR) is 112 cm³/mol. The number of rotatable bonds is 5. The highest BCUT2D eigenvalue weighted by Crippen LogP contribution is 2.38. The second-order valence-corrected chi connectivity index (χ2v) is 8.38. The number of carboxylic acid groups (broad SMARTS) is 1. The minimum absolute atomic E-state index is 0.0213. The van der Waals surface area contributed by atoms with Crippen molar-refractivity contribution in [1.29, 1.82) is 0 Å². The quantitative estimate of drug-likeness (QED) is 0.686. The predicted octanol–water partition coefficient (Wildman–Crippen LogP) is 3.63. The van der Waals surface area contributed by atoms with E-state index in [1.807, 2.05) is 35.4 Å². The average Bonchev–Trinajstić information content (AvgIpc) is 3.21. The highest BCUT2D eigenvalue weighted by Gasteiger charge is 2.50. The summed E-state index contributed by atoms with van der Waals surface area (Å²) in [4.78, 5) is 28.2. The second-order valence-electron chi connectivity index (χ2n) is 7.46. The minimum atomic E-state index is -5.08. The van der Waals surface area contributed by atoms with Crippen LogP contribution in [0.1, 0.15) is 29.4 Å². The van der Waals surface area contributed by atoms with Crippen molar-refractivity contribution in [1.82, 2.24) is 9.88 Å². The number of aromatic nitrogens is 1. The lowest BCUT2D eigenvalue weighted by Crippen LogP contribution is -2.67. The molecule has 1 atom stereocenters. The summed E-state index contributed by atoms with van der Waals surface area (Å²) in [5.41, 5.74) is -0.288. The van der Waals surface area contributed by atoms with Gasteiger partial charge in [0.25, 0.3) is 5.91 Å². The largest absolute Gasteiger partial charge is 0.492 e. The molecular formula is C21H23F3N2O6S. The topological polar surface area (TPSA) is 98.2 Å². The average molecular weight is 488 g/mol. The van der Waals surface area contributed by atoms with Gasteiger partial charge in [-0.25, -0.2) is 4.79 Å². The van der Waals surface area contributed by atoms with Gasteiger partial charge < -0.3 is 24.2 Å². The number of nitrogens with zero attached hydrogens (tertiary/aromatic N) is 2. The molecule has 2 aromatic rings. The standard InChI is InChI=1S/C19H22N2O4S.C2HF3O2/c1-2-23-16-6-9-26-17(16)18(22)21-12-19(13-21)10-14(5-8-24-19)25-15-4-3-7-20-11-15;3-2(4,5)1(6)7/h3-4,6-7,9,11,14H,2,5,8,10,12-13H2,1H3;(H,6,7). The van der Waals surface area contributed by atoms with Gasteiger partial charge in [-0.1, -0.05) is 0 Å². The molecule has 2 aliphatic heterocycles. The van der Waals surface area contributed by atoms with Crippen LogP contribution in [-0.2, 0) is 9.53 Å². The van der Waals surface area contributed by atoms with Gasteiger partial charge in [-0.15, -0.1) is 11.3 Å². The van der Waals surface area contributed by atoms with Crippen LogP contribution in [0.2, 0.25) is 0 Å². The van der Waals surface area contributed by atoms with E-state index >= 15 is 0 Å². The van der Waals surface area contributed by atoms with Gasteiger partial charge in [-0.2, -0.15) is 13.2 Å². The fourth-order valence-electron chi connectivity index (χ4n) is 3.57. The molecule has 2 saturated heterocycles. The number of carbonyl (C=O) groups excluding carboxylic acids is 1. The van der Waals surface area contributed by atoms with Crippen LogP contribution in [-0.4, -0.2) is 71.1 Å². The minimum Gasteiger partial charge on any atom is -0.492 e. The van der Waals surface area contributed by atoms with Crippen LogP contribution in [0.4, 0.5) is 13.2 Å². The van der Waals surface area contributed by atoms with Crippen LogP contribution < -0.4 is 9.47 Å². The Labute approximate surface area is 191 Å². The second kappa shape index (κ2) is 10.4. The Morgan fingerprint density at radius 1 is 1.36 bits per heavy atom. The first-order valence-electron chi connectivity index (χ1n) is 10.1. The van der Waals surface area contributed by atoms with E-state index < -0.39 is 12.1 Å². The van der Waals surface area contributed by atoms with Crippen LogP contribution >= 0.6 is 11.3 Å². The molecule has 180 valence electrons. The van der Waals surface area contributed by atoms with E-state index in [9.17, 15) is 18.0 Å². The van der Waals surface area contributed by atoms with Crippen LogP contribution in [0.3, 0.4) is 0 Å². The summed E-state index contributed by atoms with van der Waals surface area (Å²) in [7, 11) is 0. The molecule has 1 N–H and O–H groups in total. The molecule has 1 amide bonds. The zero-order valence-electron chi connectivity index (χ0n) is 17.7. The van der Waals surface area contributed by atoms with Gasteiger partial charge >= 0.3 is 12.1 Å². The Bertz CT molecular complexity index is 947. The summed E-state index contributed by atoms with van der Waals surface area (Å²) in [5.74, 6) is -1.28. The summed E-state index contributed by atoms with van der Waals surface area (Å²) < 4.78 is 49.3. The highest BCUT2D eigenvalue weighted by atomic mass is 32.1. The zero-order chi connectivity index (χ0) is 24.1. The number of carbonyl (C=O) groups is 2. The summed E-state index contributed by atoms with van der Waals surface area (Å²) in [6.45, 7) is 4.32. The number of halogens is 3. The molecule has 0 aliphatic carbocycles. The summed E-state index contributed by atoms with van der Waals surface area (Å²) in [5, 5.41) is 9.02. The lowest BCUT2D eigenvalue weighted by Gasteiger charge is -2.52. The number of carboxylic acids is 1. The van der Waals surface area contributed by atoms with Gasteiger partial charge in [0.15, 0.2) is 0 Å². The maximum Gasteiger partial charge on any atom is 0.490 e. The van der Waals surface area contributed by atoms with Crippen molar-refractivity contribution in [2.45, 2.75) is 37.6 Å². The van der Waals surface area contributed by atoms with E-state index in [1.165, 1.54) is 11.3 Å². The first-order valence-corrected chi connectivity index (χ1v) is 11.0. The van der Waals surface area contributed by atoms with Crippen molar-refractivity contribution in [2.24, 2.45) is 0 Å². The molecule has 0 saturated carbocycles.